The van der Waals surface area contributed by atoms with Gasteiger partial charge >= 0.3 is 0 Å². The highest BCUT2D eigenvalue weighted by Crippen LogP contribution is 2.05. The summed E-state index contributed by atoms with van der Waals surface area (Å²) in [5.41, 5.74) is 0. The number of hydrogen-bond acceptors (Lipinski definition) is 2. The van der Waals surface area contributed by atoms with E-state index in [1.54, 1.807) is 7.11 Å². The molecular formula is C7H15O2. The smallest absolute Gasteiger partial charge is 0.122 e. The maximum absolute atomic E-state index is 5.12. The third-order valence-corrected chi connectivity index (χ3v) is 1.15. The Morgan fingerprint density at radius 1 is 1.33 bits per heavy atom. The van der Waals surface area contributed by atoms with Gasteiger partial charge < -0.3 is 9.47 Å². The van der Waals surface area contributed by atoms with Crippen LogP contribution in [-0.2, 0) is 9.47 Å². The molecule has 0 aliphatic rings. The van der Waals surface area contributed by atoms with Gasteiger partial charge in [-0.15, -0.1) is 0 Å². The topological polar surface area (TPSA) is 18.5 Å². The van der Waals surface area contributed by atoms with E-state index in [-0.39, 0.29) is 0 Å². The van der Waals surface area contributed by atoms with E-state index >= 15 is 0 Å². The van der Waals surface area contributed by atoms with Crippen LogP contribution in [0.5, 0.6) is 0 Å². The molecule has 1 radical (unpaired) electrons. The fourth-order valence-electron chi connectivity index (χ4n) is 0.521. The van der Waals surface area contributed by atoms with E-state index in [1.807, 2.05) is 6.92 Å². The molecule has 0 saturated heterocycles. The standard InChI is InChI=1S/C7H15O2/c1-4-7(8-3)6-9-5-2/h4-6H2,1-3H3. The largest absolute Gasteiger partial charge is 0.379 e. The summed E-state index contributed by atoms with van der Waals surface area (Å²) in [6, 6.07) is 0. The Kier molecular flexibility index (Phi) is 5.99. The van der Waals surface area contributed by atoms with Gasteiger partial charge in [-0.05, 0) is 13.3 Å². The predicted molar refractivity (Wildman–Crippen MR) is 37.0 cm³/mol. The highest BCUT2D eigenvalue weighted by atomic mass is 16.5. The van der Waals surface area contributed by atoms with E-state index in [2.05, 4.69) is 6.92 Å². The summed E-state index contributed by atoms with van der Waals surface area (Å²) in [6.07, 6.45) is 1.95. The van der Waals surface area contributed by atoms with Gasteiger partial charge in [0.2, 0.25) is 0 Å². The minimum atomic E-state index is 0.642. The molecule has 0 unspecified atom stereocenters. The molecule has 0 heterocycles. The van der Waals surface area contributed by atoms with Crippen molar-refractivity contribution >= 4 is 0 Å². The van der Waals surface area contributed by atoms with Crippen molar-refractivity contribution in [1.82, 2.24) is 0 Å². The molecule has 2 heteroatoms. The third-order valence-electron chi connectivity index (χ3n) is 1.15. The normalized spacial score (nSPS) is 10.7. The van der Waals surface area contributed by atoms with Gasteiger partial charge in [0.05, 0.1) is 6.61 Å². The van der Waals surface area contributed by atoms with Gasteiger partial charge in [0.25, 0.3) is 0 Å². The summed E-state index contributed by atoms with van der Waals surface area (Å²) in [5.74, 6) is 0. The second-order valence-electron chi connectivity index (χ2n) is 1.73. The Bertz CT molecular complexity index is 50.9. The zero-order valence-electron chi connectivity index (χ0n) is 6.44. The molecule has 0 aliphatic heterocycles. The minimum Gasteiger partial charge on any atom is -0.379 e. The molecular weight excluding hydrogens is 116 g/mol. The van der Waals surface area contributed by atoms with Crippen LogP contribution in [0.25, 0.3) is 0 Å². The fraction of sp³-hybridized carbons (Fsp3) is 0.857. The molecule has 0 spiro atoms. The van der Waals surface area contributed by atoms with Gasteiger partial charge in [-0.1, -0.05) is 6.92 Å². The van der Waals surface area contributed by atoms with Crippen LogP contribution < -0.4 is 0 Å². The summed E-state index contributed by atoms with van der Waals surface area (Å²) in [7, 11) is 1.68. The molecule has 0 atom stereocenters. The number of hydrogen-bond donors (Lipinski definition) is 0. The number of rotatable bonds is 5. The first-order chi connectivity index (χ1) is 4.35. The van der Waals surface area contributed by atoms with Crippen LogP contribution in [0.3, 0.4) is 0 Å². The van der Waals surface area contributed by atoms with Gasteiger partial charge in [-0.25, -0.2) is 0 Å². The van der Waals surface area contributed by atoms with Crippen molar-refractivity contribution in [2.24, 2.45) is 0 Å². The van der Waals surface area contributed by atoms with Crippen molar-refractivity contribution in [3.8, 4) is 0 Å². The monoisotopic (exact) mass is 131 g/mol. The molecule has 0 bridgehead atoms. The third kappa shape index (κ3) is 4.43. The summed E-state index contributed by atoms with van der Waals surface area (Å²) in [6.45, 7) is 5.43. The van der Waals surface area contributed by atoms with E-state index in [0.717, 1.165) is 19.1 Å². The van der Waals surface area contributed by atoms with Crippen LogP contribution in [0.15, 0.2) is 0 Å². The zero-order valence-corrected chi connectivity index (χ0v) is 6.44. The lowest BCUT2D eigenvalue weighted by Crippen LogP contribution is -2.07. The number of methoxy groups -OCH3 is 1. The van der Waals surface area contributed by atoms with E-state index in [9.17, 15) is 0 Å². The SMILES string of the molecule is CCOC[C](CC)OC. The average Bonchev–Trinajstić information content (AvgIpc) is 1.91. The highest BCUT2D eigenvalue weighted by molar-refractivity contribution is 4.73. The van der Waals surface area contributed by atoms with Crippen molar-refractivity contribution in [3.05, 3.63) is 6.10 Å². The van der Waals surface area contributed by atoms with Crippen LogP contribution >= 0.6 is 0 Å². The van der Waals surface area contributed by atoms with Gasteiger partial charge in [-0.2, -0.15) is 0 Å². The first-order valence-corrected chi connectivity index (χ1v) is 3.31. The fourth-order valence-corrected chi connectivity index (χ4v) is 0.521. The maximum atomic E-state index is 5.12. The molecule has 0 aromatic heterocycles. The van der Waals surface area contributed by atoms with Crippen molar-refractivity contribution < 1.29 is 9.47 Å². The Morgan fingerprint density at radius 3 is 2.33 bits per heavy atom. The second kappa shape index (κ2) is 6.05. The average molecular weight is 131 g/mol. The molecule has 55 valence electrons. The Labute approximate surface area is 57.2 Å². The lowest BCUT2D eigenvalue weighted by atomic mass is 10.3. The van der Waals surface area contributed by atoms with Gasteiger partial charge in [0, 0.05) is 13.7 Å². The zero-order chi connectivity index (χ0) is 7.11. The van der Waals surface area contributed by atoms with Crippen molar-refractivity contribution in [3.63, 3.8) is 0 Å². The minimum absolute atomic E-state index is 0.642. The molecule has 0 saturated carbocycles. The molecule has 0 aromatic carbocycles. The van der Waals surface area contributed by atoms with Crippen LogP contribution in [0.4, 0.5) is 0 Å². The van der Waals surface area contributed by atoms with E-state index in [1.165, 1.54) is 0 Å². The predicted octanol–water partition coefficient (Wildman–Crippen LogP) is 1.61. The molecule has 2 nitrogen and oxygen atoms in total. The van der Waals surface area contributed by atoms with Crippen LogP contribution in [0.1, 0.15) is 20.3 Å². The van der Waals surface area contributed by atoms with Crippen LogP contribution in [0.2, 0.25) is 0 Å². The van der Waals surface area contributed by atoms with E-state index < -0.39 is 0 Å². The van der Waals surface area contributed by atoms with Crippen molar-refractivity contribution in [2.75, 3.05) is 20.3 Å². The van der Waals surface area contributed by atoms with Crippen LogP contribution in [0, 0.1) is 6.10 Å². The first-order valence-electron chi connectivity index (χ1n) is 3.31. The quantitative estimate of drug-likeness (QED) is 0.564. The highest BCUT2D eigenvalue weighted by Gasteiger charge is 2.03. The molecule has 0 fully saturated rings. The van der Waals surface area contributed by atoms with Gasteiger partial charge in [0.15, 0.2) is 0 Å². The van der Waals surface area contributed by atoms with Crippen molar-refractivity contribution in [1.29, 1.82) is 0 Å². The van der Waals surface area contributed by atoms with Crippen LogP contribution in [-0.4, -0.2) is 20.3 Å². The molecule has 0 N–H and O–H groups in total. The molecule has 0 aliphatic carbocycles. The Morgan fingerprint density at radius 2 is 2.00 bits per heavy atom. The Balaban J connectivity index is 3.09. The van der Waals surface area contributed by atoms with Gasteiger partial charge in [0.1, 0.15) is 6.10 Å². The molecule has 0 aromatic rings. The number of ether oxygens (including phenoxy) is 2. The lowest BCUT2D eigenvalue weighted by molar-refractivity contribution is 0.0771. The summed E-state index contributed by atoms with van der Waals surface area (Å²) in [4.78, 5) is 0. The Hall–Kier alpha value is -0.0800. The second-order valence-corrected chi connectivity index (χ2v) is 1.73. The lowest BCUT2D eigenvalue weighted by Gasteiger charge is -2.09. The van der Waals surface area contributed by atoms with E-state index in [0.29, 0.717) is 6.61 Å². The molecule has 0 amide bonds. The molecule has 9 heavy (non-hydrogen) atoms. The van der Waals surface area contributed by atoms with Crippen molar-refractivity contribution in [2.45, 2.75) is 20.3 Å². The molecule has 0 rings (SSSR count). The van der Waals surface area contributed by atoms with Gasteiger partial charge in [-0.3, -0.25) is 0 Å². The summed E-state index contributed by atoms with van der Waals surface area (Å²) >= 11 is 0. The maximum Gasteiger partial charge on any atom is 0.122 e. The first kappa shape index (κ1) is 8.92. The summed E-state index contributed by atoms with van der Waals surface area (Å²) < 4.78 is 10.1. The van der Waals surface area contributed by atoms with E-state index in [4.69, 9.17) is 9.47 Å². The summed E-state index contributed by atoms with van der Waals surface area (Å²) in [5, 5.41) is 0.